The summed E-state index contributed by atoms with van der Waals surface area (Å²) in [6.45, 7) is 0.377. The third-order valence-electron chi connectivity index (χ3n) is 2.29. The number of sulfonamides is 1. The first-order chi connectivity index (χ1) is 8.52. The number of benzene rings is 1. The topological polar surface area (TPSA) is 76.7 Å². The second-order valence-corrected chi connectivity index (χ2v) is 5.43. The van der Waals surface area contributed by atoms with E-state index in [9.17, 15) is 8.42 Å². The fourth-order valence-corrected chi connectivity index (χ4v) is 2.42. The van der Waals surface area contributed by atoms with Crippen LogP contribution < -0.4 is 19.5 Å². The number of hydrogen-bond acceptors (Lipinski definition) is 5. The van der Waals surface area contributed by atoms with E-state index in [0.717, 1.165) is 0 Å². The molecule has 0 spiro atoms. The molecule has 18 heavy (non-hydrogen) atoms. The molecule has 0 heterocycles. The lowest BCUT2D eigenvalue weighted by Gasteiger charge is -2.12. The zero-order valence-electron chi connectivity index (χ0n) is 10.7. The third-order valence-corrected chi connectivity index (χ3v) is 3.57. The minimum atomic E-state index is -3.40. The van der Waals surface area contributed by atoms with Gasteiger partial charge in [-0.3, -0.25) is 4.72 Å². The maximum Gasteiger partial charge on any atom is 0.234 e. The largest absolute Gasteiger partial charge is 0.497 e. The van der Waals surface area contributed by atoms with Crippen LogP contribution in [0.4, 0.5) is 5.69 Å². The summed E-state index contributed by atoms with van der Waals surface area (Å²) in [5.41, 5.74) is 0.368. The molecule has 0 unspecified atom stereocenters. The predicted octanol–water partition coefficient (Wildman–Crippen LogP) is 0.665. The smallest absolute Gasteiger partial charge is 0.234 e. The number of nitrogens with one attached hydrogen (secondary N) is 2. The summed E-state index contributed by atoms with van der Waals surface area (Å²) in [5.74, 6) is 0.995. The lowest BCUT2D eigenvalue weighted by atomic mass is 10.3. The zero-order valence-corrected chi connectivity index (χ0v) is 11.5. The van der Waals surface area contributed by atoms with Gasteiger partial charge < -0.3 is 14.8 Å². The molecule has 0 saturated carbocycles. The molecule has 0 aliphatic carbocycles. The molecule has 0 aromatic heterocycles. The van der Waals surface area contributed by atoms with E-state index in [1.54, 1.807) is 25.2 Å². The van der Waals surface area contributed by atoms with E-state index >= 15 is 0 Å². The van der Waals surface area contributed by atoms with Crippen molar-refractivity contribution in [1.82, 2.24) is 5.32 Å². The van der Waals surface area contributed by atoms with Gasteiger partial charge in [0.25, 0.3) is 0 Å². The molecule has 6 nitrogen and oxygen atoms in total. The molecule has 2 N–H and O–H groups in total. The summed E-state index contributed by atoms with van der Waals surface area (Å²) in [5, 5.41) is 2.79. The molecule has 0 radical (unpaired) electrons. The van der Waals surface area contributed by atoms with Gasteiger partial charge in [-0.05, 0) is 19.2 Å². The van der Waals surface area contributed by atoms with Crippen LogP contribution >= 0.6 is 0 Å². The first-order valence-electron chi connectivity index (χ1n) is 5.39. The number of rotatable bonds is 7. The molecule has 0 saturated heterocycles. The molecule has 0 fully saturated rings. The van der Waals surface area contributed by atoms with E-state index in [-0.39, 0.29) is 5.75 Å². The van der Waals surface area contributed by atoms with Crippen LogP contribution in [0.3, 0.4) is 0 Å². The SMILES string of the molecule is CNCCS(=O)(=O)Nc1cc(OC)ccc1OC. The van der Waals surface area contributed by atoms with Gasteiger partial charge in [0.15, 0.2) is 0 Å². The first-order valence-corrected chi connectivity index (χ1v) is 7.04. The van der Waals surface area contributed by atoms with Crippen molar-refractivity contribution in [1.29, 1.82) is 0 Å². The van der Waals surface area contributed by atoms with Gasteiger partial charge in [-0.1, -0.05) is 0 Å². The van der Waals surface area contributed by atoms with Crippen LogP contribution in [0.1, 0.15) is 0 Å². The molecule has 7 heteroatoms. The minimum Gasteiger partial charge on any atom is -0.497 e. The Morgan fingerprint density at radius 2 is 1.94 bits per heavy atom. The Morgan fingerprint density at radius 1 is 1.22 bits per heavy atom. The van der Waals surface area contributed by atoms with Gasteiger partial charge in [0.1, 0.15) is 11.5 Å². The highest BCUT2D eigenvalue weighted by Crippen LogP contribution is 2.29. The Balaban J connectivity index is 2.94. The minimum absolute atomic E-state index is 0.0101. The van der Waals surface area contributed by atoms with Crippen LogP contribution in [0.5, 0.6) is 11.5 Å². The van der Waals surface area contributed by atoms with Gasteiger partial charge in [-0.15, -0.1) is 0 Å². The summed E-state index contributed by atoms with van der Waals surface area (Å²) >= 11 is 0. The Bertz CT molecular complexity index is 488. The molecule has 1 aromatic rings. The standard InChI is InChI=1S/C11H18N2O4S/c1-12-6-7-18(14,15)13-10-8-9(16-2)4-5-11(10)17-3/h4-5,8,12-13H,6-7H2,1-3H3. The van der Waals surface area contributed by atoms with Gasteiger partial charge >= 0.3 is 0 Å². The molecule has 0 aliphatic heterocycles. The molecule has 1 rings (SSSR count). The molecule has 102 valence electrons. The van der Waals surface area contributed by atoms with Gasteiger partial charge in [0.2, 0.25) is 10.0 Å². The fourth-order valence-electron chi connectivity index (χ4n) is 1.35. The van der Waals surface area contributed by atoms with Crippen molar-refractivity contribution in [2.24, 2.45) is 0 Å². The van der Waals surface area contributed by atoms with Crippen LogP contribution in [0, 0.1) is 0 Å². The van der Waals surface area contributed by atoms with E-state index in [0.29, 0.717) is 23.7 Å². The fraction of sp³-hybridized carbons (Fsp3) is 0.455. The van der Waals surface area contributed by atoms with Gasteiger partial charge in [0.05, 0.1) is 25.7 Å². The van der Waals surface area contributed by atoms with Crippen molar-refractivity contribution >= 4 is 15.7 Å². The molecule has 0 atom stereocenters. The summed E-state index contributed by atoms with van der Waals surface area (Å²) < 4.78 is 36.2. The molecule has 0 bridgehead atoms. The molecule has 0 amide bonds. The van der Waals surface area contributed by atoms with Crippen LogP contribution in [-0.2, 0) is 10.0 Å². The van der Waals surface area contributed by atoms with E-state index in [1.165, 1.54) is 14.2 Å². The maximum atomic E-state index is 11.8. The summed E-state index contributed by atoms with van der Waals surface area (Å²) in [6, 6.07) is 4.93. The lowest BCUT2D eigenvalue weighted by molar-refractivity contribution is 0.405. The van der Waals surface area contributed by atoms with Crippen LogP contribution in [0.2, 0.25) is 0 Å². The van der Waals surface area contributed by atoms with Crippen molar-refractivity contribution in [2.75, 3.05) is 38.3 Å². The molecule has 1 aromatic carbocycles. The van der Waals surface area contributed by atoms with E-state index in [4.69, 9.17) is 9.47 Å². The highest BCUT2D eigenvalue weighted by atomic mass is 32.2. The number of methoxy groups -OCH3 is 2. The Kier molecular flexibility index (Phi) is 5.24. The Hall–Kier alpha value is -1.47. The Morgan fingerprint density at radius 3 is 2.50 bits per heavy atom. The monoisotopic (exact) mass is 274 g/mol. The van der Waals surface area contributed by atoms with Gasteiger partial charge in [-0.2, -0.15) is 0 Å². The second-order valence-electron chi connectivity index (χ2n) is 3.59. The van der Waals surface area contributed by atoms with Crippen LogP contribution in [0.25, 0.3) is 0 Å². The highest BCUT2D eigenvalue weighted by molar-refractivity contribution is 7.92. The molecule has 0 aliphatic rings. The first kappa shape index (κ1) is 14.6. The third kappa shape index (κ3) is 4.08. The van der Waals surface area contributed by atoms with E-state index in [2.05, 4.69) is 10.0 Å². The highest BCUT2D eigenvalue weighted by Gasteiger charge is 2.13. The molecular weight excluding hydrogens is 256 g/mol. The molecular formula is C11H18N2O4S. The predicted molar refractivity (Wildman–Crippen MR) is 70.9 cm³/mol. The van der Waals surface area contributed by atoms with Crippen molar-refractivity contribution < 1.29 is 17.9 Å². The van der Waals surface area contributed by atoms with Gasteiger partial charge in [-0.25, -0.2) is 8.42 Å². The quantitative estimate of drug-likeness (QED) is 0.764. The number of anilines is 1. The van der Waals surface area contributed by atoms with E-state index < -0.39 is 10.0 Å². The Labute approximate surface area is 107 Å². The van der Waals surface area contributed by atoms with Crippen molar-refractivity contribution in [3.05, 3.63) is 18.2 Å². The average molecular weight is 274 g/mol. The second kappa shape index (κ2) is 6.46. The van der Waals surface area contributed by atoms with Crippen molar-refractivity contribution in [2.45, 2.75) is 0 Å². The summed E-state index contributed by atoms with van der Waals surface area (Å²) in [7, 11) is 1.29. The van der Waals surface area contributed by atoms with Crippen LogP contribution in [-0.4, -0.2) is 42.0 Å². The normalized spacial score (nSPS) is 11.1. The zero-order chi connectivity index (χ0) is 13.6. The van der Waals surface area contributed by atoms with Gasteiger partial charge in [0, 0.05) is 12.6 Å². The summed E-state index contributed by atoms with van der Waals surface area (Å²) in [4.78, 5) is 0. The van der Waals surface area contributed by atoms with E-state index in [1.807, 2.05) is 0 Å². The van der Waals surface area contributed by atoms with Crippen LogP contribution in [0.15, 0.2) is 18.2 Å². The number of hydrogen-bond donors (Lipinski definition) is 2. The maximum absolute atomic E-state index is 11.8. The average Bonchev–Trinajstić information content (AvgIpc) is 2.36. The van der Waals surface area contributed by atoms with Crippen molar-refractivity contribution in [3.8, 4) is 11.5 Å². The number of ether oxygens (including phenoxy) is 2. The summed E-state index contributed by atoms with van der Waals surface area (Å²) in [6.07, 6.45) is 0. The lowest BCUT2D eigenvalue weighted by Crippen LogP contribution is -2.24. The van der Waals surface area contributed by atoms with Crippen molar-refractivity contribution in [3.63, 3.8) is 0 Å².